The molecule has 2 aromatic heterocycles. The Morgan fingerprint density at radius 1 is 1.12 bits per heavy atom. The quantitative estimate of drug-likeness (QED) is 0.165. The summed E-state index contributed by atoms with van der Waals surface area (Å²) in [6.45, 7) is 2.41. The molecule has 3 heterocycles. The van der Waals surface area contributed by atoms with Gasteiger partial charge in [0.25, 0.3) is 12.3 Å². The second-order valence-corrected chi connectivity index (χ2v) is 11.9. The predicted molar refractivity (Wildman–Crippen MR) is 167 cm³/mol. The number of halogens is 4. The van der Waals surface area contributed by atoms with Crippen LogP contribution in [0.5, 0.6) is 23.0 Å². The molecule has 258 valence electrons. The second-order valence-electron chi connectivity index (χ2n) is 11.9. The highest BCUT2D eigenvalue weighted by molar-refractivity contribution is 6.00. The predicted octanol–water partition coefficient (Wildman–Crippen LogP) is 5.02. The highest BCUT2D eigenvalue weighted by Gasteiger charge is 2.47. The van der Waals surface area contributed by atoms with Gasteiger partial charge in [-0.2, -0.15) is 0 Å². The van der Waals surface area contributed by atoms with Gasteiger partial charge in [0, 0.05) is 28.3 Å². The second kappa shape index (κ2) is 13.0. The molecule has 2 aliphatic rings. The monoisotopic (exact) mass is 684 g/mol. The first-order chi connectivity index (χ1) is 23.3. The van der Waals surface area contributed by atoms with Crippen LogP contribution in [-0.2, 0) is 16.8 Å². The molecule has 1 saturated carbocycles. The molecule has 1 aliphatic heterocycles. The number of rotatable bonds is 13. The van der Waals surface area contributed by atoms with E-state index in [0.29, 0.717) is 23.7 Å². The van der Waals surface area contributed by atoms with E-state index in [1.165, 1.54) is 36.4 Å². The minimum Gasteiger partial charge on any atom is -0.491 e. The Labute approximate surface area is 277 Å². The fraction of sp³-hybridized carbons (Fsp3) is 0.353. The third-order valence-corrected chi connectivity index (χ3v) is 8.10. The average molecular weight is 685 g/mol. The number of benzene rings is 2. The number of aryl methyl sites for hydroxylation is 1. The summed E-state index contributed by atoms with van der Waals surface area (Å²) in [6, 6.07) is 10.1. The van der Waals surface area contributed by atoms with E-state index in [-0.39, 0.29) is 76.6 Å². The van der Waals surface area contributed by atoms with Crippen LogP contribution in [0.4, 0.5) is 17.6 Å². The van der Waals surface area contributed by atoms with Gasteiger partial charge < -0.3 is 35.1 Å². The van der Waals surface area contributed by atoms with Crippen LogP contribution in [0.1, 0.15) is 46.9 Å². The number of nitrogens with one attached hydrogen (secondary N) is 1. The minimum atomic E-state index is -3.86. The number of primary amides is 1. The molecule has 2 aromatic carbocycles. The summed E-state index contributed by atoms with van der Waals surface area (Å²) in [5.41, 5.74) is 5.67. The third kappa shape index (κ3) is 7.16. The van der Waals surface area contributed by atoms with E-state index in [1.54, 1.807) is 26.1 Å². The summed E-state index contributed by atoms with van der Waals surface area (Å²) < 4.78 is 73.9. The van der Waals surface area contributed by atoms with Crippen molar-refractivity contribution in [3.05, 3.63) is 71.0 Å². The van der Waals surface area contributed by atoms with Crippen molar-refractivity contribution in [2.75, 3.05) is 19.8 Å². The Kier molecular flexibility index (Phi) is 8.96. The number of hydrogen-bond donors (Lipinski definition) is 3. The summed E-state index contributed by atoms with van der Waals surface area (Å²) in [5.74, 6) is -2.00. The lowest BCUT2D eigenvalue weighted by molar-refractivity contribution is -0.286. The van der Waals surface area contributed by atoms with Crippen LogP contribution < -0.4 is 30.0 Å². The molecular weight excluding hydrogens is 652 g/mol. The van der Waals surface area contributed by atoms with Crippen molar-refractivity contribution in [1.29, 1.82) is 0 Å². The highest BCUT2D eigenvalue weighted by atomic mass is 19.3. The van der Waals surface area contributed by atoms with E-state index in [1.807, 2.05) is 0 Å². The first-order valence-electron chi connectivity index (χ1n) is 15.4. The number of pyridine rings is 2. The van der Waals surface area contributed by atoms with Gasteiger partial charge >= 0.3 is 6.29 Å². The van der Waals surface area contributed by atoms with Gasteiger partial charge in [-0.15, -0.1) is 8.78 Å². The van der Waals surface area contributed by atoms with Crippen molar-refractivity contribution < 1.29 is 51.2 Å². The number of aliphatic hydroxyl groups is 1. The normalized spacial score (nSPS) is 16.0. The Hall–Kier alpha value is -5.18. The van der Waals surface area contributed by atoms with E-state index in [0.717, 1.165) is 5.56 Å². The zero-order valence-electron chi connectivity index (χ0n) is 26.4. The molecule has 2 amide bonds. The number of amides is 2. The van der Waals surface area contributed by atoms with Gasteiger partial charge in [0.15, 0.2) is 11.5 Å². The molecule has 1 atom stereocenters. The summed E-state index contributed by atoms with van der Waals surface area (Å²) >= 11 is 0. The first kappa shape index (κ1) is 33.7. The van der Waals surface area contributed by atoms with Gasteiger partial charge in [0.05, 0.1) is 25.3 Å². The van der Waals surface area contributed by atoms with Crippen LogP contribution in [0.2, 0.25) is 0 Å². The van der Waals surface area contributed by atoms with Crippen molar-refractivity contribution >= 4 is 22.7 Å². The smallest absolute Gasteiger partial charge is 0.491 e. The minimum absolute atomic E-state index is 0.00388. The maximum atomic E-state index is 13.8. The van der Waals surface area contributed by atoms with Crippen molar-refractivity contribution in [1.82, 2.24) is 15.3 Å². The molecule has 49 heavy (non-hydrogen) atoms. The van der Waals surface area contributed by atoms with Crippen LogP contribution >= 0.6 is 0 Å². The standard InChI is InChI=1S/C34H32F4N4O7/c1-3-46-31-20(13-28(39)43)12-26(42-30(31)18-4-7-23-24(10-18)49-34(37,38)48-23)33(45,22-5-6-22)16-41-32(44)21-9-19-8-17(2)14-40-29(19)25(11-21)47-15-27(35)36/h4,7-12,14,22,27,45H,3,5-6,13,15-16H2,1-2H3,(H2,39,43)(H,41,44)/t33-/m1/s1. The van der Waals surface area contributed by atoms with E-state index in [2.05, 4.69) is 19.8 Å². The molecule has 0 bridgehead atoms. The van der Waals surface area contributed by atoms with Crippen molar-refractivity contribution in [2.45, 2.75) is 51.4 Å². The number of nitrogens with zero attached hydrogens (tertiary/aromatic N) is 2. The van der Waals surface area contributed by atoms with Crippen molar-refractivity contribution in [3.63, 3.8) is 0 Å². The Bertz CT molecular complexity index is 1940. The first-order valence-corrected chi connectivity index (χ1v) is 15.4. The zero-order valence-corrected chi connectivity index (χ0v) is 26.4. The van der Waals surface area contributed by atoms with E-state index >= 15 is 0 Å². The summed E-state index contributed by atoms with van der Waals surface area (Å²) in [6.07, 6.45) is -4.19. The van der Waals surface area contributed by atoms with Crippen LogP contribution in [0.25, 0.3) is 22.2 Å². The molecular formula is C34H32F4N4O7. The molecule has 4 N–H and O–H groups in total. The summed E-state index contributed by atoms with van der Waals surface area (Å²) in [7, 11) is 0. The number of fused-ring (bicyclic) bond motifs is 2. The molecule has 0 saturated heterocycles. The maximum absolute atomic E-state index is 13.8. The number of carbonyl (C=O) groups excluding carboxylic acids is 2. The van der Waals surface area contributed by atoms with E-state index in [9.17, 15) is 32.3 Å². The largest absolute Gasteiger partial charge is 0.586 e. The maximum Gasteiger partial charge on any atom is 0.586 e. The Morgan fingerprint density at radius 2 is 1.88 bits per heavy atom. The van der Waals surface area contributed by atoms with E-state index < -0.39 is 36.7 Å². The van der Waals surface area contributed by atoms with Crippen LogP contribution in [0, 0.1) is 12.8 Å². The van der Waals surface area contributed by atoms with Crippen LogP contribution in [-0.4, -0.2) is 59.4 Å². The van der Waals surface area contributed by atoms with Gasteiger partial charge in [-0.05, 0) is 80.6 Å². The molecule has 4 aromatic rings. The fourth-order valence-electron chi connectivity index (χ4n) is 5.77. The Morgan fingerprint density at radius 3 is 2.57 bits per heavy atom. The third-order valence-electron chi connectivity index (χ3n) is 8.10. The van der Waals surface area contributed by atoms with Crippen LogP contribution in [0.3, 0.4) is 0 Å². The van der Waals surface area contributed by atoms with Crippen LogP contribution in [0.15, 0.2) is 48.7 Å². The lowest BCUT2D eigenvalue weighted by Gasteiger charge is -2.30. The molecule has 6 rings (SSSR count). The van der Waals surface area contributed by atoms with Gasteiger partial charge in [-0.3, -0.25) is 14.6 Å². The number of alkyl halides is 4. The lowest BCUT2D eigenvalue weighted by atomic mass is 9.90. The molecule has 0 radical (unpaired) electrons. The SMILES string of the molecule is CCOc1c(CC(N)=O)cc([C@@](O)(CNC(=O)c2cc(OCC(F)F)c3ncc(C)cc3c2)C2CC2)nc1-c1ccc2c(c1)OC(F)(F)O2. The molecule has 11 nitrogen and oxygen atoms in total. The lowest BCUT2D eigenvalue weighted by Crippen LogP contribution is -2.43. The number of ether oxygens (including phenoxy) is 4. The molecule has 1 fully saturated rings. The molecule has 0 unspecified atom stereocenters. The number of nitrogens with two attached hydrogens (primary N) is 1. The summed E-state index contributed by atoms with van der Waals surface area (Å²) in [4.78, 5) is 34.7. The van der Waals surface area contributed by atoms with Crippen molar-refractivity contribution in [2.24, 2.45) is 11.7 Å². The molecule has 1 aliphatic carbocycles. The topological polar surface area (TPSA) is 155 Å². The number of aromatic nitrogens is 2. The van der Waals surface area contributed by atoms with Crippen molar-refractivity contribution in [3.8, 4) is 34.3 Å². The Balaban J connectivity index is 1.37. The van der Waals surface area contributed by atoms with Gasteiger partial charge in [-0.1, -0.05) is 0 Å². The highest BCUT2D eigenvalue weighted by Crippen LogP contribution is 2.48. The molecule has 15 heteroatoms. The summed E-state index contributed by atoms with van der Waals surface area (Å²) in [5, 5.41) is 15.4. The fourth-order valence-corrected chi connectivity index (χ4v) is 5.77. The van der Waals surface area contributed by atoms with Gasteiger partial charge in [0.2, 0.25) is 5.91 Å². The average Bonchev–Trinajstić information content (AvgIpc) is 3.85. The number of carbonyl (C=O) groups is 2. The van der Waals surface area contributed by atoms with Gasteiger partial charge in [0.1, 0.15) is 34.9 Å². The number of hydrogen-bond acceptors (Lipinski definition) is 9. The van der Waals surface area contributed by atoms with E-state index in [4.69, 9.17) is 20.2 Å². The molecule has 0 spiro atoms. The zero-order chi connectivity index (χ0) is 35.1. The van der Waals surface area contributed by atoms with Gasteiger partial charge in [-0.25, -0.2) is 13.8 Å².